The third kappa shape index (κ3) is 14.9. The molecule has 3 saturated carbocycles. The van der Waals surface area contributed by atoms with Crippen LogP contribution in [0.4, 0.5) is 4.79 Å². The summed E-state index contributed by atoms with van der Waals surface area (Å²) in [7, 11) is 0. The number of aliphatic carboxylic acids is 3. The highest BCUT2D eigenvalue weighted by molar-refractivity contribution is 5.80. The number of carboxylic acids is 3. The average Bonchev–Trinajstić information content (AvgIpc) is 3.54. The topological polar surface area (TPSA) is 207 Å². The third-order valence-corrected chi connectivity index (χ3v) is 15.2. The predicted molar refractivity (Wildman–Crippen MR) is 236 cm³/mol. The van der Waals surface area contributed by atoms with Crippen LogP contribution in [0.3, 0.4) is 0 Å². The number of ether oxygens (including phenoxy) is 1. The molecule has 0 bridgehead atoms. The Hall–Kier alpha value is -3.23. The van der Waals surface area contributed by atoms with Gasteiger partial charge in [0.1, 0.15) is 12.1 Å². The van der Waals surface area contributed by atoms with E-state index >= 15 is 0 Å². The highest BCUT2D eigenvalue weighted by Crippen LogP contribution is 2.67. The molecule has 14 nitrogen and oxygen atoms in total. The van der Waals surface area contributed by atoms with Crippen LogP contribution in [0.15, 0.2) is 11.6 Å². The van der Waals surface area contributed by atoms with Crippen LogP contribution in [-0.2, 0) is 23.9 Å². The van der Waals surface area contributed by atoms with Crippen molar-refractivity contribution in [3.63, 3.8) is 0 Å². The van der Waals surface area contributed by atoms with Crippen LogP contribution in [0.1, 0.15) is 144 Å². The summed E-state index contributed by atoms with van der Waals surface area (Å²) in [6.45, 7) is 15.2. The fourth-order valence-electron chi connectivity index (χ4n) is 12.0. The Bertz CT molecular complexity index is 1460. The molecule has 0 aromatic heterocycles. The summed E-state index contributed by atoms with van der Waals surface area (Å²) in [5, 5.41) is 39.9. The molecule has 0 saturated heterocycles. The molecule has 0 spiro atoms. The zero-order valence-electron chi connectivity index (χ0n) is 38.1. The first-order valence-corrected chi connectivity index (χ1v) is 23.8. The number of unbranched alkanes of at least 4 members (excludes halogenated alkanes) is 1. The largest absolute Gasteiger partial charge is 0.480 e. The molecule has 4 aliphatic carbocycles. The van der Waals surface area contributed by atoms with Crippen LogP contribution >= 0.6 is 0 Å². The van der Waals surface area contributed by atoms with Crippen molar-refractivity contribution in [2.75, 3.05) is 52.4 Å². The minimum atomic E-state index is -1.39. The van der Waals surface area contributed by atoms with Gasteiger partial charge in [-0.15, -0.1) is 0 Å². The van der Waals surface area contributed by atoms with Gasteiger partial charge in [0.05, 0.1) is 13.1 Å². The quantitative estimate of drug-likeness (QED) is 0.0325. The number of hydrogen-bond acceptors (Lipinski definition) is 9. The maximum atomic E-state index is 12.8. The number of hydrogen-bond donors (Lipinski definition) is 7. The molecule has 3 fully saturated rings. The minimum Gasteiger partial charge on any atom is -0.480 e. The van der Waals surface area contributed by atoms with Gasteiger partial charge in [0.15, 0.2) is 0 Å². The number of carboxylic acid groups (broad SMARTS) is 3. The van der Waals surface area contributed by atoms with Crippen molar-refractivity contribution >= 4 is 29.9 Å². The Morgan fingerprint density at radius 3 is 2.02 bits per heavy atom. The zero-order chi connectivity index (χ0) is 44.6. The molecule has 14 heteroatoms. The second-order valence-electron chi connectivity index (χ2n) is 19.8. The number of fused-ring (bicyclic) bond motifs is 5. The number of nitrogens with zero attached hydrogens (tertiary/aromatic N) is 1. The van der Waals surface area contributed by atoms with Gasteiger partial charge in [0.25, 0.3) is 0 Å². The van der Waals surface area contributed by atoms with Gasteiger partial charge in [0, 0.05) is 25.9 Å². The molecule has 61 heavy (non-hydrogen) atoms. The van der Waals surface area contributed by atoms with Crippen molar-refractivity contribution < 1.29 is 44.0 Å². The summed E-state index contributed by atoms with van der Waals surface area (Å²) in [5.41, 5.74) is 2.29. The molecule has 4 aliphatic rings. The molecule has 9 atom stereocenters. The summed E-state index contributed by atoms with van der Waals surface area (Å²) in [4.78, 5) is 59.5. The minimum absolute atomic E-state index is 0.0421. The second-order valence-corrected chi connectivity index (χ2v) is 19.8. The van der Waals surface area contributed by atoms with E-state index in [1.54, 1.807) is 5.57 Å². The van der Waals surface area contributed by atoms with Crippen molar-refractivity contribution in [2.45, 2.75) is 156 Å². The Morgan fingerprint density at radius 2 is 1.39 bits per heavy atom. The lowest BCUT2D eigenvalue weighted by Gasteiger charge is -2.58. The summed E-state index contributed by atoms with van der Waals surface area (Å²) in [6, 6.07) is -1.39. The van der Waals surface area contributed by atoms with Crippen molar-refractivity contribution in [2.24, 2.45) is 46.3 Å². The third-order valence-electron chi connectivity index (χ3n) is 15.2. The number of nitrogens with one attached hydrogen (secondary N) is 4. The number of allylic oxidation sites excluding steroid dienone is 1. The average molecular weight is 860 g/mol. The summed E-state index contributed by atoms with van der Waals surface area (Å²) in [5.74, 6) is 0.481. The Labute approximate surface area is 365 Å². The maximum Gasteiger partial charge on any atom is 0.407 e. The molecule has 348 valence electrons. The lowest BCUT2D eigenvalue weighted by atomic mass is 9.47. The van der Waals surface area contributed by atoms with Crippen LogP contribution in [0.5, 0.6) is 0 Å². The van der Waals surface area contributed by atoms with Gasteiger partial charge in [-0.2, -0.15) is 0 Å². The molecular weight excluding hydrogens is 779 g/mol. The number of carbonyl (C=O) groups excluding carboxylic acids is 2. The van der Waals surface area contributed by atoms with E-state index in [1.165, 1.54) is 51.4 Å². The smallest absolute Gasteiger partial charge is 0.407 e. The number of carbonyl (C=O) groups is 5. The second kappa shape index (κ2) is 24.6. The fourth-order valence-corrected chi connectivity index (χ4v) is 12.0. The van der Waals surface area contributed by atoms with Gasteiger partial charge in [0.2, 0.25) is 5.91 Å². The van der Waals surface area contributed by atoms with Gasteiger partial charge in [-0.05, 0) is 150 Å². The van der Waals surface area contributed by atoms with Crippen LogP contribution in [0.25, 0.3) is 0 Å². The number of rotatable bonds is 28. The first-order valence-electron chi connectivity index (χ1n) is 23.8. The van der Waals surface area contributed by atoms with Crippen molar-refractivity contribution in [1.29, 1.82) is 0 Å². The van der Waals surface area contributed by atoms with Crippen molar-refractivity contribution in [3.8, 4) is 0 Å². The highest BCUT2D eigenvalue weighted by Gasteiger charge is 2.59. The Kier molecular flexibility index (Phi) is 20.3. The van der Waals surface area contributed by atoms with Crippen LogP contribution < -0.4 is 21.3 Å². The Morgan fingerprint density at radius 1 is 0.754 bits per heavy atom. The first kappa shape index (κ1) is 50.4. The summed E-state index contributed by atoms with van der Waals surface area (Å²) >= 11 is 0. The van der Waals surface area contributed by atoms with Crippen molar-refractivity contribution in [1.82, 2.24) is 26.2 Å². The number of alkyl carbamates (subject to hydrolysis) is 1. The highest BCUT2D eigenvalue weighted by atomic mass is 16.6. The van der Waals surface area contributed by atoms with E-state index < -0.39 is 37.0 Å². The fraction of sp³-hybridized carbons (Fsp3) is 0.851. The monoisotopic (exact) mass is 860 g/mol. The molecule has 0 radical (unpaired) electrons. The molecule has 4 rings (SSSR count). The number of amides is 2. The van der Waals surface area contributed by atoms with E-state index in [0.29, 0.717) is 31.5 Å². The van der Waals surface area contributed by atoms with E-state index in [2.05, 4.69) is 62.0 Å². The van der Waals surface area contributed by atoms with Gasteiger partial charge < -0.3 is 41.3 Å². The molecule has 0 unspecified atom stereocenters. The molecule has 0 aromatic carbocycles. The van der Waals surface area contributed by atoms with Gasteiger partial charge in [-0.1, -0.05) is 65.5 Å². The Balaban J connectivity index is 1.01. The van der Waals surface area contributed by atoms with E-state index in [0.717, 1.165) is 98.6 Å². The van der Waals surface area contributed by atoms with Gasteiger partial charge in [-0.3, -0.25) is 24.1 Å². The lowest BCUT2D eigenvalue weighted by molar-refractivity contribution is -0.149. The summed E-state index contributed by atoms with van der Waals surface area (Å²) in [6.07, 6.45) is 19.2. The molecular formula is C47H81N5O9. The maximum absolute atomic E-state index is 12.8. The van der Waals surface area contributed by atoms with E-state index in [-0.39, 0.29) is 36.4 Å². The van der Waals surface area contributed by atoms with Crippen LogP contribution in [0.2, 0.25) is 0 Å². The van der Waals surface area contributed by atoms with Gasteiger partial charge >= 0.3 is 24.0 Å². The molecule has 7 N–H and O–H groups in total. The first-order chi connectivity index (χ1) is 29.0. The molecule has 2 amide bonds. The van der Waals surface area contributed by atoms with E-state index in [1.807, 2.05) is 0 Å². The summed E-state index contributed by atoms with van der Waals surface area (Å²) < 4.78 is 5.98. The predicted octanol–water partition coefficient (Wildman–Crippen LogP) is 6.68. The van der Waals surface area contributed by atoms with Crippen LogP contribution in [-0.4, -0.2) is 115 Å². The standard InChI is InChI=1S/C47H81N5O9/c1-32(2)11-8-12-33(3)37-15-16-38-36-14-13-34-29-35(19-21-46(34,4)39(36)20-22-47(37,38)5)61-45(60)51-28-10-26-49-24-7-6-23-48-25-9-27-50-41(53)18-17-40(44(58)59)52(30-42(54)55)31-43(56)57/h13,32-33,35-40,48-49H,6-12,14-31H2,1-5H3,(H,50,53)(H,51,60)(H,54,55)(H,56,57)(H,58,59)/t33-,35+,36+,37-,38+,39+,40+,46+,47-/m1/s1. The zero-order valence-corrected chi connectivity index (χ0v) is 38.1. The molecule has 0 aromatic rings. The van der Waals surface area contributed by atoms with E-state index in [4.69, 9.17) is 14.9 Å². The SMILES string of the molecule is CC(C)CCC[C@@H](C)[C@H]1CC[C@H]2[C@@H]3CC=C4C[C@@H](OC(=O)NCCCNCCCCNCCCNC(=O)CC[C@@H](C(=O)O)N(CC(=O)O)CC(=O)O)CC[C@]4(C)[C@H]3CC[C@]12C. The van der Waals surface area contributed by atoms with E-state index in [9.17, 15) is 29.1 Å². The molecule has 0 aliphatic heterocycles. The normalized spacial score (nSPS) is 27.9. The molecule has 0 heterocycles. The van der Waals surface area contributed by atoms with Gasteiger partial charge in [-0.25, -0.2) is 4.79 Å². The lowest BCUT2D eigenvalue weighted by Crippen LogP contribution is -2.51. The van der Waals surface area contributed by atoms with Crippen LogP contribution in [0, 0.1) is 46.3 Å². The van der Waals surface area contributed by atoms with Crippen molar-refractivity contribution in [3.05, 3.63) is 11.6 Å².